The maximum Gasteiger partial charge on any atom is 0.414 e. The van der Waals surface area contributed by atoms with Gasteiger partial charge in [0.1, 0.15) is 6.61 Å². The predicted molar refractivity (Wildman–Crippen MR) is 102 cm³/mol. The number of amides is 1. The van der Waals surface area contributed by atoms with Crippen molar-refractivity contribution in [1.29, 1.82) is 0 Å². The molecule has 0 saturated heterocycles. The Bertz CT molecular complexity index is 664. The minimum absolute atomic E-state index is 0.333. The summed E-state index contributed by atoms with van der Waals surface area (Å²) in [7, 11) is 5.10. The van der Waals surface area contributed by atoms with Crippen LogP contribution in [-0.4, -0.2) is 37.8 Å². The molecule has 0 aliphatic heterocycles. The number of hydrogen-bond acceptors (Lipinski definition) is 5. The van der Waals surface area contributed by atoms with Crippen molar-refractivity contribution in [2.45, 2.75) is 6.92 Å². The minimum atomic E-state index is -0.333. The number of anilines is 1. The van der Waals surface area contributed by atoms with Crippen LogP contribution in [-0.2, 0) is 4.74 Å². The number of carbonyl (C=O) groups excluding carboxylic acids is 1. The number of rotatable bonds is 7. The van der Waals surface area contributed by atoms with Crippen molar-refractivity contribution in [2.75, 3.05) is 36.6 Å². The van der Waals surface area contributed by atoms with E-state index in [1.54, 1.807) is 28.6 Å². The molecule has 0 unspecified atom stereocenters. The summed E-state index contributed by atoms with van der Waals surface area (Å²) in [6, 6.07) is 12.2. The van der Waals surface area contributed by atoms with Gasteiger partial charge in [0, 0.05) is 30.8 Å². The Labute approximate surface area is 145 Å². The highest BCUT2D eigenvalue weighted by atomic mass is 33.1. The summed E-state index contributed by atoms with van der Waals surface area (Å²) in [4.78, 5) is 13.6. The first-order valence-corrected chi connectivity index (χ1v) is 9.96. The van der Waals surface area contributed by atoms with Crippen LogP contribution < -0.4 is 10.6 Å². The molecule has 124 valence electrons. The third kappa shape index (κ3) is 5.34. The van der Waals surface area contributed by atoms with Crippen molar-refractivity contribution < 1.29 is 9.53 Å². The van der Waals surface area contributed by atoms with Crippen LogP contribution in [0.3, 0.4) is 0 Å². The Balaban J connectivity index is 1.90. The summed E-state index contributed by atoms with van der Waals surface area (Å²) in [5.74, 6) is 1.68. The molecule has 0 radical (unpaired) electrons. The molecule has 0 aliphatic carbocycles. The Morgan fingerprint density at radius 3 is 2.61 bits per heavy atom. The predicted octanol–water partition coefficient (Wildman–Crippen LogP) is 4.06. The Morgan fingerprint density at radius 2 is 1.83 bits per heavy atom. The van der Waals surface area contributed by atoms with E-state index >= 15 is 0 Å². The minimum Gasteiger partial charge on any atom is -0.448 e. The molecule has 2 N–H and O–H groups in total. The molecule has 0 aromatic heterocycles. The maximum absolute atomic E-state index is 12.1. The van der Waals surface area contributed by atoms with Gasteiger partial charge < -0.3 is 10.5 Å². The third-order valence-corrected chi connectivity index (χ3v) is 5.72. The molecule has 0 saturated carbocycles. The van der Waals surface area contributed by atoms with Crippen LogP contribution in [0.5, 0.6) is 0 Å². The van der Waals surface area contributed by atoms with Gasteiger partial charge in [0.15, 0.2) is 0 Å². The molecular weight excluding hydrogens is 328 g/mol. The lowest BCUT2D eigenvalue weighted by atomic mass is 10.1. The second-order valence-electron chi connectivity index (χ2n) is 5.14. The van der Waals surface area contributed by atoms with E-state index in [-0.39, 0.29) is 6.09 Å². The fraction of sp³-hybridized carbons (Fsp3) is 0.353. The fourth-order valence-electron chi connectivity index (χ4n) is 2.09. The first kappa shape index (κ1) is 18.0. The van der Waals surface area contributed by atoms with E-state index in [1.807, 2.05) is 18.2 Å². The van der Waals surface area contributed by atoms with E-state index in [0.717, 1.165) is 22.6 Å². The second-order valence-corrected chi connectivity index (χ2v) is 7.84. The Kier molecular flexibility index (Phi) is 7.08. The summed E-state index contributed by atoms with van der Waals surface area (Å²) >= 11 is 0. The van der Waals surface area contributed by atoms with Gasteiger partial charge in [0.25, 0.3) is 0 Å². The van der Waals surface area contributed by atoms with Crippen LogP contribution in [0, 0.1) is 6.92 Å². The number of ether oxygens (including phenoxy) is 1. The van der Waals surface area contributed by atoms with Crippen LogP contribution >= 0.6 is 21.6 Å². The topological polar surface area (TPSA) is 55.6 Å². The maximum atomic E-state index is 12.1. The third-order valence-electron chi connectivity index (χ3n) is 3.32. The summed E-state index contributed by atoms with van der Waals surface area (Å²) in [6.45, 7) is 3.14. The zero-order valence-electron chi connectivity index (χ0n) is 13.5. The largest absolute Gasteiger partial charge is 0.448 e. The zero-order chi connectivity index (χ0) is 16.7. The molecular formula is C17H22N2O2S2. The summed E-state index contributed by atoms with van der Waals surface area (Å²) in [6.07, 6.45) is -0.333. The van der Waals surface area contributed by atoms with Crippen LogP contribution in [0.4, 0.5) is 10.5 Å². The van der Waals surface area contributed by atoms with Crippen LogP contribution in [0.2, 0.25) is 0 Å². The van der Waals surface area contributed by atoms with Crippen LogP contribution in [0.25, 0.3) is 10.8 Å². The SMILES string of the molecule is Cc1ccc2cc(N(C)C(=O)OCCSSCCN)ccc2c1. The van der Waals surface area contributed by atoms with Gasteiger partial charge >= 0.3 is 6.09 Å². The number of benzene rings is 2. The van der Waals surface area contributed by atoms with Gasteiger partial charge in [0.05, 0.1) is 0 Å². The average Bonchev–Trinajstić information content (AvgIpc) is 2.56. The van der Waals surface area contributed by atoms with Gasteiger partial charge in [-0.3, -0.25) is 4.90 Å². The lowest BCUT2D eigenvalue weighted by molar-refractivity contribution is 0.162. The van der Waals surface area contributed by atoms with Gasteiger partial charge in [-0.25, -0.2) is 4.79 Å². The van der Waals surface area contributed by atoms with Gasteiger partial charge in [0.2, 0.25) is 0 Å². The average molecular weight is 351 g/mol. The van der Waals surface area contributed by atoms with E-state index < -0.39 is 0 Å². The molecule has 0 bridgehead atoms. The van der Waals surface area contributed by atoms with E-state index in [9.17, 15) is 4.79 Å². The monoisotopic (exact) mass is 350 g/mol. The van der Waals surface area contributed by atoms with E-state index in [1.165, 1.54) is 15.8 Å². The van der Waals surface area contributed by atoms with Crippen LogP contribution in [0.15, 0.2) is 36.4 Å². The highest BCUT2D eigenvalue weighted by molar-refractivity contribution is 8.76. The number of nitrogens with zero attached hydrogens (tertiary/aromatic N) is 1. The Morgan fingerprint density at radius 1 is 1.13 bits per heavy atom. The number of fused-ring (bicyclic) bond motifs is 1. The molecule has 2 aromatic rings. The highest BCUT2D eigenvalue weighted by Crippen LogP contribution is 2.23. The molecule has 0 heterocycles. The molecule has 2 rings (SSSR count). The summed E-state index contributed by atoms with van der Waals surface area (Å²) in [5, 5.41) is 2.28. The lowest BCUT2D eigenvalue weighted by Crippen LogP contribution is -2.27. The van der Waals surface area contributed by atoms with Gasteiger partial charge in [-0.05, 0) is 29.8 Å². The number of aryl methyl sites for hydroxylation is 1. The first-order chi connectivity index (χ1) is 11.1. The normalized spacial score (nSPS) is 10.7. The number of carbonyl (C=O) groups is 1. The summed E-state index contributed by atoms with van der Waals surface area (Å²) in [5.41, 5.74) is 7.47. The first-order valence-electron chi connectivity index (χ1n) is 7.47. The number of nitrogens with two attached hydrogens (primary N) is 1. The molecule has 2 aromatic carbocycles. The quantitative estimate of drug-likeness (QED) is 0.603. The van der Waals surface area contributed by atoms with E-state index in [0.29, 0.717) is 13.2 Å². The summed E-state index contributed by atoms with van der Waals surface area (Å²) < 4.78 is 5.29. The Hall–Kier alpha value is -1.37. The molecule has 6 heteroatoms. The molecule has 0 spiro atoms. The van der Waals surface area contributed by atoms with Crippen molar-refractivity contribution in [3.05, 3.63) is 42.0 Å². The zero-order valence-corrected chi connectivity index (χ0v) is 15.1. The van der Waals surface area contributed by atoms with Gasteiger partial charge in [-0.15, -0.1) is 0 Å². The van der Waals surface area contributed by atoms with E-state index in [4.69, 9.17) is 10.5 Å². The molecule has 1 amide bonds. The van der Waals surface area contributed by atoms with Crippen molar-refractivity contribution >= 4 is 44.1 Å². The molecule has 4 nitrogen and oxygen atoms in total. The standard InChI is InChI=1S/C17H22N2O2S2/c1-13-3-4-15-12-16(6-5-14(15)11-13)19(2)17(20)21-8-10-23-22-9-7-18/h3-6,11-12H,7-10,18H2,1-2H3. The van der Waals surface area contributed by atoms with Gasteiger partial charge in [-0.2, -0.15) is 0 Å². The van der Waals surface area contributed by atoms with Crippen molar-refractivity contribution in [3.63, 3.8) is 0 Å². The molecule has 0 atom stereocenters. The van der Waals surface area contributed by atoms with Crippen molar-refractivity contribution in [3.8, 4) is 0 Å². The highest BCUT2D eigenvalue weighted by Gasteiger charge is 2.12. The molecule has 0 aliphatic rings. The van der Waals surface area contributed by atoms with Crippen molar-refractivity contribution in [1.82, 2.24) is 0 Å². The molecule has 23 heavy (non-hydrogen) atoms. The van der Waals surface area contributed by atoms with Crippen molar-refractivity contribution in [2.24, 2.45) is 5.73 Å². The lowest BCUT2D eigenvalue weighted by Gasteiger charge is -2.17. The fourth-order valence-corrected chi connectivity index (χ4v) is 3.78. The second kappa shape index (κ2) is 9.05. The van der Waals surface area contributed by atoms with Crippen LogP contribution in [0.1, 0.15) is 5.56 Å². The number of hydrogen-bond donors (Lipinski definition) is 1. The van der Waals surface area contributed by atoms with E-state index in [2.05, 4.69) is 25.1 Å². The molecule has 0 fully saturated rings. The smallest absolute Gasteiger partial charge is 0.414 e. The van der Waals surface area contributed by atoms with Gasteiger partial charge in [-0.1, -0.05) is 51.4 Å².